The zero-order valence-electron chi connectivity index (χ0n) is 21.5. The van der Waals surface area contributed by atoms with Crippen molar-refractivity contribution in [1.29, 1.82) is 0 Å². The first-order valence-electron chi connectivity index (χ1n) is 12.8. The monoisotopic (exact) mass is 577 g/mol. The molecule has 0 saturated carbocycles. The van der Waals surface area contributed by atoms with E-state index in [4.69, 9.17) is 21.1 Å². The summed E-state index contributed by atoms with van der Waals surface area (Å²) in [7, 11) is 0. The van der Waals surface area contributed by atoms with Crippen LogP contribution in [0.2, 0.25) is 0 Å². The van der Waals surface area contributed by atoms with Gasteiger partial charge in [0.05, 0.1) is 11.6 Å². The number of rotatable bonds is 11. The number of carbonyl (C=O) groups excluding carboxylic acids is 3. The molecule has 1 saturated heterocycles. The average molecular weight is 578 g/mol. The number of fused-ring (bicyclic) bond motifs is 1. The second kappa shape index (κ2) is 13.1. The van der Waals surface area contributed by atoms with E-state index in [2.05, 4.69) is 10.6 Å². The smallest absolute Gasteiger partial charge is 0.358 e. The fraction of sp³-hybridized carbons (Fsp3) is 0.233. The van der Waals surface area contributed by atoms with Gasteiger partial charge in [-0.25, -0.2) is 4.79 Å². The minimum absolute atomic E-state index is 0.00830. The van der Waals surface area contributed by atoms with E-state index in [1.807, 2.05) is 91.0 Å². The van der Waals surface area contributed by atoms with Gasteiger partial charge < -0.3 is 14.8 Å². The van der Waals surface area contributed by atoms with Crippen molar-refractivity contribution in [3.8, 4) is 0 Å². The summed E-state index contributed by atoms with van der Waals surface area (Å²) in [6, 6.07) is 27.1. The number of ether oxygens (including phenoxy) is 2. The highest BCUT2D eigenvalue weighted by molar-refractivity contribution is 8.00. The number of benzene rings is 3. The van der Waals surface area contributed by atoms with Crippen LogP contribution in [0, 0.1) is 0 Å². The van der Waals surface area contributed by atoms with Gasteiger partial charge in [-0.1, -0.05) is 103 Å². The van der Waals surface area contributed by atoms with Gasteiger partial charge in [0.15, 0.2) is 6.79 Å². The van der Waals surface area contributed by atoms with Gasteiger partial charge in [0.25, 0.3) is 5.91 Å². The van der Waals surface area contributed by atoms with E-state index in [9.17, 15) is 14.4 Å². The molecule has 0 unspecified atom stereocenters. The summed E-state index contributed by atoms with van der Waals surface area (Å²) in [5.74, 6) is -1.18. The molecular formula is C30H28ClN3O5S. The highest BCUT2D eigenvalue weighted by Crippen LogP contribution is 2.41. The van der Waals surface area contributed by atoms with Crippen LogP contribution in [-0.4, -0.2) is 46.6 Å². The van der Waals surface area contributed by atoms with E-state index in [1.165, 1.54) is 16.7 Å². The molecule has 0 radical (unpaired) electrons. The van der Waals surface area contributed by atoms with E-state index < -0.39 is 29.3 Å². The van der Waals surface area contributed by atoms with Crippen molar-refractivity contribution in [3.63, 3.8) is 0 Å². The lowest BCUT2D eigenvalue weighted by Gasteiger charge is -2.49. The molecule has 5 rings (SSSR count). The number of β-lactam (4-membered cyclic amide) rings is 1. The first-order valence-corrected chi connectivity index (χ1v) is 14.2. The van der Waals surface area contributed by atoms with Gasteiger partial charge >= 0.3 is 5.97 Å². The Morgan fingerprint density at radius 2 is 1.57 bits per heavy atom. The Balaban J connectivity index is 1.20. The number of hydrogen-bond acceptors (Lipinski definition) is 7. The van der Waals surface area contributed by atoms with Gasteiger partial charge in [-0.2, -0.15) is 0 Å². The Kier molecular flexibility index (Phi) is 9.18. The van der Waals surface area contributed by atoms with Crippen LogP contribution in [0.5, 0.6) is 0 Å². The Labute approximate surface area is 241 Å². The Morgan fingerprint density at radius 1 is 0.950 bits per heavy atom. The predicted molar refractivity (Wildman–Crippen MR) is 153 cm³/mol. The molecule has 3 aromatic carbocycles. The summed E-state index contributed by atoms with van der Waals surface area (Å²) < 4.78 is 10.7. The Morgan fingerprint density at radius 3 is 2.25 bits per heavy atom. The third kappa shape index (κ3) is 6.39. The molecule has 3 atom stereocenters. The van der Waals surface area contributed by atoms with Crippen LogP contribution in [-0.2, 0) is 37.0 Å². The zero-order chi connectivity index (χ0) is 27.9. The maximum Gasteiger partial charge on any atom is 0.358 e. The molecule has 2 aliphatic heterocycles. The number of halogens is 1. The van der Waals surface area contributed by atoms with Crippen molar-refractivity contribution in [3.05, 3.63) is 118 Å². The summed E-state index contributed by atoms with van der Waals surface area (Å²) in [5, 5.41) is 5.94. The standard InChI is InChI=1S/C30H28ClN3O5S/c31-23-18-40-29-25(28(36)34(29)26(23)30(37)39-19-38-17-21-12-6-2-7-13-21)33-27(35)24(22-14-8-3-9-15-22)32-16-20-10-4-1-5-11-20/h1-15,24-25,29,32H,16-19H2,(H,33,35)/t24-,25-,29-/m1/s1. The summed E-state index contributed by atoms with van der Waals surface area (Å²) >= 11 is 7.74. The molecule has 0 bridgehead atoms. The van der Waals surface area contributed by atoms with Crippen LogP contribution in [0.1, 0.15) is 22.7 Å². The number of thioether (sulfide) groups is 1. The van der Waals surface area contributed by atoms with E-state index in [1.54, 1.807) is 0 Å². The maximum absolute atomic E-state index is 13.5. The zero-order valence-corrected chi connectivity index (χ0v) is 23.1. The second-order valence-corrected chi connectivity index (χ2v) is 10.8. The molecule has 2 N–H and O–H groups in total. The summed E-state index contributed by atoms with van der Waals surface area (Å²) in [6.45, 7) is 0.460. The maximum atomic E-state index is 13.5. The van der Waals surface area contributed by atoms with Gasteiger partial charge in [0.2, 0.25) is 5.91 Å². The van der Waals surface area contributed by atoms with Crippen LogP contribution >= 0.6 is 23.4 Å². The fourth-order valence-corrected chi connectivity index (χ4v) is 6.08. The third-order valence-corrected chi connectivity index (χ3v) is 8.30. The van der Waals surface area contributed by atoms with Crippen LogP contribution in [0.25, 0.3) is 0 Å². The molecule has 2 amide bonds. The fourth-order valence-electron chi connectivity index (χ4n) is 4.53. The van der Waals surface area contributed by atoms with E-state index in [0.717, 1.165) is 16.7 Å². The number of carbonyl (C=O) groups is 3. The normalized spacial score (nSPS) is 18.9. The van der Waals surface area contributed by atoms with Crippen LogP contribution in [0.4, 0.5) is 0 Å². The van der Waals surface area contributed by atoms with Gasteiger partial charge in [-0.15, -0.1) is 11.8 Å². The molecule has 2 aliphatic rings. The van der Waals surface area contributed by atoms with E-state index >= 15 is 0 Å². The molecule has 3 aromatic rings. The molecule has 0 aromatic heterocycles. The molecule has 0 aliphatic carbocycles. The molecule has 2 heterocycles. The van der Waals surface area contributed by atoms with Crippen LogP contribution < -0.4 is 10.6 Å². The largest absolute Gasteiger partial charge is 0.434 e. The molecular weight excluding hydrogens is 550 g/mol. The number of nitrogens with one attached hydrogen (secondary N) is 2. The molecule has 206 valence electrons. The van der Waals surface area contributed by atoms with Crippen LogP contribution in [0.15, 0.2) is 102 Å². The number of hydrogen-bond donors (Lipinski definition) is 2. The van der Waals surface area contributed by atoms with E-state index in [0.29, 0.717) is 12.3 Å². The average Bonchev–Trinajstić information content (AvgIpc) is 2.99. The summed E-state index contributed by atoms with van der Waals surface area (Å²) in [6.07, 6.45) is 0. The predicted octanol–water partition coefficient (Wildman–Crippen LogP) is 4.09. The summed E-state index contributed by atoms with van der Waals surface area (Å²) in [5.41, 5.74) is 2.73. The summed E-state index contributed by atoms with van der Waals surface area (Å²) in [4.78, 5) is 40.8. The van der Waals surface area contributed by atoms with Gasteiger partial charge in [-0.05, 0) is 16.7 Å². The van der Waals surface area contributed by atoms with Gasteiger partial charge in [0, 0.05) is 12.3 Å². The topological polar surface area (TPSA) is 97.0 Å². The second-order valence-electron chi connectivity index (χ2n) is 9.24. The third-order valence-electron chi connectivity index (χ3n) is 6.55. The lowest BCUT2D eigenvalue weighted by molar-refractivity contribution is -0.160. The van der Waals surface area contributed by atoms with Crippen molar-refractivity contribution < 1.29 is 23.9 Å². The van der Waals surface area contributed by atoms with Gasteiger partial charge in [-0.3, -0.25) is 19.8 Å². The SMILES string of the molecule is O=C(OCOCc1ccccc1)C1=C(Cl)CS[C@@H]2[C@H](NC(=O)[C@H](NCc3ccccc3)c3ccccc3)C(=O)N12. The molecule has 40 heavy (non-hydrogen) atoms. The minimum atomic E-state index is -0.802. The Hall–Kier alpha value is -3.63. The van der Waals surface area contributed by atoms with Crippen molar-refractivity contribution in [2.75, 3.05) is 12.5 Å². The molecule has 1 fully saturated rings. The molecule has 8 nitrogen and oxygen atoms in total. The first kappa shape index (κ1) is 27.9. The van der Waals surface area contributed by atoms with Crippen molar-refractivity contribution >= 4 is 41.1 Å². The number of nitrogens with zero attached hydrogens (tertiary/aromatic N) is 1. The van der Waals surface area contributed by atoms with Crippen LogP contribution in [0.3, 0.4) is 0 Å². The number of amides is 2. The van der Waals surface area contributed by atoms with Crippen molar-refractivity contribution in [1.82, 2.24) is 15.5 Å². The van der Waals surface area contributed by atoms with Crippen molar-refractivity contribution in [2.45, 2.75) is 30.6 Å². The number of esters is 1. The molecule has 10 heteroatoms. The highest BCUT2D eigenvalue weighted by atomic mass is 35.5. The first-order chi connectivity index (χ1) is 19.5. The van der Waals surface area contributed by atoms with Crippen molar-refractivity contribution in [2.24, 2.45) is 0 Å². The molecule has 0 spiro atoms. The lowest BCUT2D eigenvalue weighted by Crippen LogP contribution is -2.71. The minimum Gasteiger partial charge on any atom is -0.434 e. The highest BCUT2D eigenvalue weighted by Gasteiger charge is 2.54. The quantitative estimate of drug-likeness (QED) is 0.153. The van der Waals surface area contributed by atoms with E-state index in [-0.39, 0.29) is 30.0 Å². The lowest BCUT2D eigenvalue weighted by atomic mass is 10.0. The Bertz CT molecular complexity index is 1370. The van der Waals surface area contributed by atoms with Gasteiger partial charge in [0.1, 0.15) is 23.2 Å².